The van der Waals surface area contributed by atoms with E-state index in [1.54, 1.807) is 0 Å². The van der Waals surface area contributed by atoms with Crippen molar-refractivity contribution in [2.24, 2.45) is 0 Å². The van der Waals surface area contributed by atoms with Gasteiger partial charge in [-0.2, -0.15) is 0 Å². The molecule has 2 rings (SSSR count). The lowest BCUT2D eigenvalue weighted by Crippen LogP contribution is -2.00. The fourth-order valence-corrected chi connectivity index (χ4v) is 1.58. The quantitative estimate of drug-likeness (QED) is 0.690. The number of rotatable bonds is 4. The van der Waals surface area contributed by atoms with Crippen molar-refractivity contribution in [3.63, 3.8) is 0 Å². The third-order valence-corrected chi connectivity index (χ3v) is 2.47. The second kappa shape index (κ2) is 5.53. The molecular formula is C13H7F2NO5. The minimum absolute atomic E-state index is 0.114. The fourth-order valence-electron chi connectivity index (χ4n) is 1.58. The summed E-state index contributed by atoms with van der Waals surface area (Å²) in [6, 6.07) is 5.48. The maximum atomic E-state index is 13.4. The molecule has 0 aromatic heterocycles. The van der Waals surface area contributed by atoms with Crippen LogP contribution < -0.4 is 4.74 Å². The van der Waals surface area contributed by atoms with Gasteiger partial charge in [0, 0.05) is 12.1 Å². The van der Waals surface area contributed by atoms with Crippen molar-refractivity contribution in [3.8, 4) is 11.5 Å². The monoisotopic (exact) mass is 295 g/mol. The number of aromatic carboxylic acids is 1. The molecular weight excluding hydrogens is 288 g/mol. The lowest BCUT2D eigenvalue weighted by Gasteiger charge is -2.07. The van der Waals surface area contributed by atoms with Crippen LogP contribution in [0.25, 0.3) is 0 Å². The normalized spacial score (nSPS) is 10.2. The first-order valence-electron chi connectivity index (χ1n) is 5.52. The molecule has 0 fully saturated rings. The summed E-state index contributed by atoms with van der Waals surface area (Å²) in [5, 5.41) is 19.3. The number of carbonyl (C=O) groups is 1. The van der Waals surface area contributed by atoms with Crippen molar-refractivity contribution in [2.75, 3.05) is 0 Å². The second-order valence-corrected chi connectivity index (χ2v) is 3.95. The van der Waals surface area contributed by atoms with Crippen molar-refractivity contribution in [1.29, 1.82) is 0 Å². The van der Waals surface area contributed by atoms with Crippen LogP contribution in [-0.2, 0) is 0 Å². The van der Waals surface area contributed by atoms with Crippen molar-refractivity contribution in [1.82, 2.24) is 0 Å². The molecule has 6 nitrogen and oxygen atoms in total. The Hall–Kier alpha value is -3.03. The van der Waals surface area contributed by atoms with Gasteiger partial charge in [-0.3, -0.25) is 10.1 Å². The number of ether oxygens (including phenoxy) is 1. The summed E-state index contributed by atoms with van der Waals surface area (Å²) in [5.41, 5.74) is -1.07. The number of carboxylic acid groups (broad SMARTS) is 1. The molecule has 0 amide bonds. The zero-order valence-corrected chi connectivity index (χ0v) is 10.2. The molecule has 0 atom stereocenters. The zero-order chi connectivity index (χ0) is 15.6. The third-order valence-electron chi connectivity index (χ3n) is 2.47. The molecule has 0 unspecified atom stereocenters. The molecule has 2 aromatic carbocycles. The van der Waals surface area contributed by atoms with E-state index >= 15 is 0 Å². The van der Waals surface area contributed by atoms with Crippen molar-refractivity contribution < 1.29 is 28.3 Å². The molecule has 0 saturated heterocycles. The molecule has 0 radical (unpaired) electrons. The average Bonchev–Trinajstić information content (AvgIpc) is 2.37. The maximum absolute atomic E-state index is 13.4. The predicted octanol–water partition coefficient (Wildman–Crippen LogP) is 3.36. The number of hydrogen-bond acceptors (Lipinski definition) is 4. The number of carboxylic acids is 1. The Labute approximate surface area is 116 Å². The maximum Gasteiger partial charge on any atom is 0.338 e. The molecule has 0 aliphatic heterocycles. The zero-order valence-electron chi connectivity index (χ0n) is 10.2. The van der Waals surface area contributed by atoms with Gasteiger partial charge in [-0.1, -0.05) is 0 Å². The summed E-state index contributed by atoms with van der Waals surface area (Å²) in [6.45, 7) is 0. The molecule has 1 N–H and O–H groups in total. The highest BCUT2D eigenvalue weighted by molar-refractivity contribution is 5.88. The van der Waals surface area contributed by atoms with E-state index in [4.69, 9.17) is 9.84 Å². The van der Waals surface area contributed by atoms with Crippen LogP contribution in [0.3, 0.4) is 0 Å². The summed E-state index contributed by atoms with van der Waals surface area (Å²) in [4.78, 5) is 20.4. The van der Waals surface area contributed by atoms with E-state index < -0.39 is 33.8 Å². The number of halogens is 2. The Morgan fingerprint density at radius 3 is 2.43 bits per heavy atom. The topological polar surface area (TPSA) is 89.7 Å². The smallest absolute Gasteiger partial charge is 0.338 e. The highest BCUT2D eigenvalue weighted by Gasteiger charge is 2.14. The summed E-state index contributed by atoms with van der Waals surface area (Å²) < 4.78 is 31.7. The Morgan fingerprint density at radius 1 is 1.14 bits per heavy atom. The lowest BCUT2D eigenvalue weighted by atomic mass is 10.2. The molecule has 0 aliphatic carbocycles. The molecule has 108 valence electrons. The Kier molecular flexibility index (Phi) is 3.79. The first-order chi connectivity index (χ1) is 9.86. The molecule has 0 saturated carbocycles. The SMILES string of the molecule is O=C(O)c1ccc(Oc2cc(F)cc([N+](=O)[O-])c2)cc1F. The van der Waals surface area contributed by atoms with Gasteiger partial charge in [-0.15, -0.1) is 0 Å². The minimum Gasteiger partial charge on any atom is -0.478 e. The van der Waals surface area contributed by atoms with E-state index in [9.17, 15) is 23.7 Å². The summed E-state index contributed by atoms with van der Waals surface area (Å²) in [7, 11) is 0. The molecule has 8 heteroatoms. The van der Waals surface area contributed by atoms with E-state index in [2.05, 4.69) is 0 Å². The largest absolute Gasteiger partial charge is 0.478 e. The lowest BCUT2D eigenvalue weighted by molar-refractivity contribution is -0.385. The number of nitrogens with zero attached hydrogens (tertiary/aromatic N) is 1. The Morgan fingerprint density at radius 2 is 1.86 bits per heavy atom. The first-order valence-corrected chi connectivity index (χ1v) is 5.52. The number of non-ortho nitro benzene ring substituents is 1. The van der Waals surface area contributed by atoms with Gasteiger partial charge in [-0.05, 0) is 12.1 Å². The first kappa shape index (κ1) is 14.4. The van der Waals surface area contributed by atoms with Crippen LogP contribution >= 0.6 is 0 Å². The number of nitro groups is 1. The van der Waals surface area contributed by atoms with Gasteiger partial charge >= 0.3 is 5.97 Å². The van der Waals surface area contributed by atoms with Crippen molar-refractivity contribution in [3.05, 3.63) is 63.7 Å². The van der Waals surface area contributed by atoms with Gasteiger partial charge in [0.2, 0.25) is 0 Å². The van der Waals surface area contributed by atoms with Gasteiger partial charge < -0.3 is 9.84 Å². The van der Waals surface area contributed by atoms with Gasteiger partial charge in [0.15, 0.2) is 0 Å². The van der Waals surface area contributed by atoms with Crippen LogP contribution in [0.1, 0.15) is 10.4 Å². The minimum atomic E-state index is -1.44. The Bertz CT molecular complexity index is 732. The van der Waals surface area contributed by atoms with Gasteiger partial charge in [0.25, 0.3) is 5.69 Å². The molecule has 0 bridgehead atoms. The number of benzene rings is 2. The van der Waals surface area contributed by atoms with E-state index in [0.29, 0.717) is 6.07 Å². The highest BCUT2D eigenvalue weighted by Crippen LogP contribution is 2.27. The summed E-state index contributed by atoms with van der Waals surface area (Å²) >= 11 is 0. The molecule has 0 heterocycles. The standard InChI is InChI=1S/C13H7F2NO5/c14-7-3-8(16(19)20)5-10(4-7)21-9-1-2-11(13(17)18)12(15)6-9/h1-6H,(H,17,18). The van der Waals surface area contributed by atoms with Crippen LogP contribution in [0.15, 0.2) is 36.4 Å². The van der Waals surface area contributed by atoms with Crippen LogP contribution in [0.5, 0.6) is 11.5 Å². The predicted molar refractivity (Wildman–Crippen MR) is 66.5 cm³/mol. The highest BCUT2D eigenvalue weighted by atomic mass is 19.1. The van der Waals surface area contributed by atoms with E-state index in [1.807, 2.05) is 0 Å². The van der Waals surface area contributed by atoms with Crippen LogP contribution in [0, 0.1) is 21.7 Å². The van der Waals surface area contributed by atoms with Crippen LogP contribution in [-0.4, -0.2) is 16.0 Å². The van der Waals surface area contributed by atoms with Gasteiger partial charge in [0.1, 0.15) is 23.1 Å². The van der Waals surface area contributed by atoms with Crippen LogP contribution in [0.4, 0.5) is 14.5 Å². The number of nitro benzene ring substituents is 1. The summed E-state index contributed by atoms with van der Waals surface area (Å²) in [5.74, 6) is -3.69. The third kappa shape index (κ3) is 3.30. The van der Waals surface area contributed by atoms with E-state index in [0.717, 1.165) is 30.3 Å². The molecule has 2 aromatic rings. The van der Waals surface area contributed by atoms with Gasteiger partial charge in [0.05, 0.1) is 22.6 Å². The van der Waals surface area contributed by atoms with Crippen molar-refractivity contribution in [2.45, 2.75) is 0 Å². The van der Waals surface area contributed by atoms with Crippen molar-refractivity contribution >= 4 is 11.7 Å². The average molecular weight is 295 g/mol. The summed E-state index contributed by atoms with van der Waals surface area (Å²) in [6.07, 6.45) is 0. The van der Waals surface area contributed by atoms with Gasteiger partial charge in [-0.25, -0.2) is 13.6 Å². The second-order valence-electron chi connectivity index (χ2n) is 3.95. The van der Waals surface area contributed by atoms with E-state index in [-0.39, 0.29) is 11.5 Å². The fraction of sp³-hybridized carbons (Fsp3) is 0. The van der Waals surface area contributed by atoms with Crippen LogP contribution in [0.2, 0.25) is 0 Å². The number of hydrogen-bond donors (Lipinski definition) is 1. The molecule has 0 aliphatic rings. The molecule has 21 heavy (non-hydrogen) atoms. The molecule has 0 spiro atoms. The Balaban J connectivity index is 2.32. The van der Waals surface area contributed by atoms with E-state index in [1.165, 1.54) is 0 Å².